The molecule has 1 N–H and O–H groups in total. The maximum Gasteiger partial charge on any atom is 0.193 e. The lowest BCUT2D eigenvalue weighted by Gasteiger charge is -2.26. The molecule has 6 rings (SSSR count). The van der Waals surface area contributed by atoms with Gasteiger partial charge in [-0.05, 0) is 67.9 Å². The molecule has 188 valence electrons. The van der Waals surface area contributed by atoms with Gasteiger partial charge in [-0.2, -0.15) is 0 Å². The van der Waals surface area contributed by atoms with E-state index in [0.29, 0.717) is 46.0 Å². The van der Waals surface area contributed by atoms with E-state index in [9.17, 15) is 10.0 Å². The zero-order chi connectivity index (χ0) is 25.4. The number of halogens is 1. The molecule has 1 aliphatic rings. The Balaban J connectivity index is 1.54. The third kappa shape index (κ3) is 4.55. The lowest BCUT2D eigenvalue weighted by Crippen LogP contribution is -2.33. The van der Waals surface area contributed by atoms with Crippen LogP contribution in [0.3, 0.4) is 0 Å². The van der Waals surface area contributed by atoms with Gasteiger partial charge in [-0.15, -0.1) is 0 Å². The fraction of sp³-hybridized carbons (Fsp3) is 0.276. The van der Waals surface area contributed by atoms with Gasteiger partial charge in [0.1, 0.15) is 17.7 Å². The van der Waals surface area contributed by atoms with Gasteiger partial charge in [0.05, 0.1) is 16.4 Å². The van der Waals surface area contributed by atoms with E-state index in [1.165, 1.54) is 19.3 Å². The molecule has 1 saturated heterocycles. The summed E-state index contributed by atoms with van der Waals surface area (Å²) in [7, 11) is 0. The van der Waals surface area contributed by atoms with Crippen molar-refractivity contribution in [3.05, 3.63) is 92.2 Å². The summed E-state index contributed by atoms with van der Waals surface area (Å²) in [6, 6.07) is 13.4. The fourth-order valence-electron chi connectivity index (χ4n) is 5.43. The van der Waals surface area contributed by atoms with E-state index in [1.54, 1.807) is 12.4 Å². The molecule has 0 amide bonds. The van der Waals surface area contributed by atoms with Crippen molar-refractivity contribution in [2.45, 2.75) is 25.7 Å². The average molecular weight is 559 g/mol. The lowest BCUT2D eigenvalue weighted by molar-refractivity contribution is 0.183. The Morgan fingerprint density at radius 2 is 1.89 bits per heavy atom. The Bertz CT molecular complexity index is 1710. The quantitative estimate of drug-likeness (QED) is 0.138. The molecule has 8 heteroatoms. The Hall–Kier alpha value is -3.49. The second-order valence-electron chi connectivity index (χ2n) is 9.62. The van der Waals surface area contributed by atoms with Crippen LogP contribution in [-0.2, 0) is 6.42 Å². The zero-order valence-electron chi connectivity index (χ0n) is 20.4. The van der Waals surface area contributed by atoms with Crippen LogP contribution in [-0.4, -0.2) is 45.7 Å². The number of benzene rings is 2. The molecule has 37 heavy (non-hydrogen) atoms. The smallest absolute Gasteiger partial charge is 0.193 e. The van der Waals surface area contributed by atoms with Crippen molar-refractivity contribution in [1.29, 1.82) is 0 Å². The minimum atomic E-state index is -0.0615. The van der Waals surface area contributed by atoms with E-state index < -0.39 is 0 Å². The van der Waals surface area contributed by atoms with Crippen molar-refractivity contribution in [3.63, 3.8) is 0 Å². The predicted octanol–water partition coefficient (Wildman–Crippen LogP) is 4.95. The highest BCUT2D eigenvalue weighted by molar-refractivity contribution is 9.10. The number of hydrogen-bond donors (Lipinski definition) is 1. The van der Waals surface area contributed by atoms with E-state index in [0.717, 1.165) is 40.6 Å². The molecule has 4 heterocycles. The molecule has 0 bridgehead atoms. The molecular weight excluding hydrogens is 532 g/mol. The standard InChI is InChI=1S/C29H27BrN4O3/c30-21-6-7-23-26(14-21)34-18-20(13-19-5-4-8-31-17-19)29(35)25-16-22(15-24(28(25)34)27(23)32-36)37-12-11-33-9-2-1-3-10-33/h4-8,14-18,36H,1-3,9-13H2. The van der Waals surface area contributed by atoms with Crippen LogP contribution in [0.15, 0.2) is 75.5 Å². The summed E-state index contributed by atoms with van der Waals surface area (Å²) in [5.74, 6) is 0.600. The van der Waals surface area contributed by atoms with Gasteiger partial charge in [0, 0.05) is 52.4 Å². The van der Waals surface area contributed by atoms with Crippen LogP contribution in [0.2, 0.25) is 0 Å². The number of aromatic nitrogens is 2. The first kappa shape index (κ1) is 23.9. The van der Waals surface area contributed by atoms with Gasteiger partial charge in [-0.25, -0.2) is 0 Å². The highest BCUT2D eigenvalue weighted by atomic mass is 79.9. The summed E-state index contributed by atoms with van der Waals surface area (Å²) in [5, 5.41) is 16.2. The first-order chi connectivity index (χ1) is 18.1. The topological polar surface area (TPSA) is 79.4 Å². The van der Waals surface area contributed by atoms with Gasteiger partial charge >= 0.3 is 0 Å². The number of nitrogens with zero attached hydrogens (tertiary/aromatic N) is 4. The second-order valence-corrected chi connectivity index (χ2v) is 10.5. The average Bonchev–Trinajstić information content (AvgIpc) is 2.92. The fourth-order valence-corrected chi connectivity index (χ4v) is 5.78. The predicted molar refractivity (Wildman–Crippen MR) is 148 cm³/mol. The molecule has 5 aromatic rings. The van der Waals surface area contributed by atoms with Gasteiger partial charge in [-0.1, -0.05) is 33.6 Å². The molecule has 0 spiro atoms. The normalized spacial score (nSPS) is 15.2. The van der Waals surface area contributed by atoms with Gasteiger partial charge in [-0.3, -0.25) is 14.7 Å². The number of piperidine rings is 1. The molecule has 7 nitrogen and oxygen atoms in total. The van der Waals surface area contributed by atoms with Crippen molar-refractivity contribution in [1.82, 2.24) is 14.3 Å². The lowest BCUT2D eigenvalue weighted by atomic mass is 10.0. The monoisotopic (exact) mass is 558 g/mol. The number of likely N-dealkylation sites (tertiary alicyclic amines) is 1. The van der Waals surface area contributed by atoms with E-state index in [2.05, 4.69) is 31.0 Å². The van der Waals surface area contributed by atoms with Gasteiger partial charge in [0.25, 0.3) is 0 Å². The van der Waals surface area contributed by atoms with E-state index in [-0.39, 0.29) is 5.43 Å². The Morgan fingerprint density at radius 1 is 1.05 bits per heavy atom. The van der Waals surface area contributed by atoms with Crippen molar-refractivity contribution < 1.29 is 9.94 Å². The van der Waals surface area contributed by atoms with Crippen LogP contribution in [0.4, 0.5) is 0 Å². The van der Waals surface area contributed by atoms with Crippen LogP contribution in [0.5, 0.6) is 5.75 Å². The van der Waals surface area contributed by atoms with Crippen molar-refractivity contribution in [2.24, 2.45) is 5.16 Å². The van der Waals surface area contributed by atoms with Crippen LogP contribution in [0, 0.1) is 0 Å². The molecule has 3 aromatic heterocycles. The number of pyridine rings is 3. The zero-order valence-corrected chi connectivity index (χ0v) is 21.9. The van der Waals surface area contributed by atoms with Crippen LogP contribution in [0.1, 0.15) is 30.4 Å². The third-order valence-corrected chi connectivity index (χ3v) is 7.71. The molecule has 1 aliphatic heterocycles. The number of fused-ring (bicyclic) bond motifs is 2. The molecule has 0 aliphatic carbocycles. The Kier molecular flexibility index (Phi) is 6.52. The molecule has 0 saturated carbocycles. The molecule has 0 atom stereocenters. The largest absolute Gasteiger partial charge is 0.492 e. The van der Waals surface area contributed by atoms with E-state index >= 15 is 0 Å². The first-order valence-electron chi connectivity index (χ1n) is 12.6. The van der Waals surface area contributed by atoms with Crippen molar-refractivity contribution in [3.8, 4) is 5.75 Å². The van der Waals surface area contributed by atoms with Gasteiger partial charge in [0.15, 0.2) is 5.43 Å². The summed E-state index contributed by atoms with van der Waals surface area (Å²) in [5.41, 5.74) is 3.11. The van der Waals surface area contributed by atoms with E-state index in [1.807, 2.05) is 53.1 Å². The maximum absolute atomic E-state index is 13.8. The number of ether oxygens (including phenoxy) is 1. The van der Waals surface area contributed by atoms with Crippen LogP contribution >= 0.6 is 15.9 Å². The minimum Gasteiger partial charge on any atom is -0.492 e. The maximum atomic E-state index is 13.8. The molecule has 0 radical (unpaired) electrons. The highest BCUT2D eigenvalue weighted by Crippen LogP contribution is 2.29. The van der Waals surface area contributed by atoms with Crippen LogP contribution < -0.4 is 15.5 Å². The molecule has 2 aromatic carbocycles. The van der Waals surface area contributed by atoms with Crippen molar-refractivity contribution in [2.75, 3.05) is 26.2 Å². The highest BCUT2D eigenvalue weighted by Gasteiger charge is 2.18. The third-order valence-electron chi connectivity index (χ3n) is 7.22. The Morgan fingerprint density at radius 3 is 2.68 bits per heavy atom. The van der Waals surface area contributed by atoms with Crippen LogP contribution in [0.25, 0.3) is 27.2 Å². The van der Waals surface area contributed by atoms with Gasteiger partial charge < -0.3 is 14.3 Å². The summed E-state index contributed by atoms with van der Waals surface area (Å²) in [6.07, 6.45) is 9.62. The molecule has 1 fully saturated rings. The summed E-state index contributed by atoms with van der Waals surface area (Å²) in [6.45, 7) is 3.57. The Labute approximate surface area is 222 Å². The minimum absolute atomic E-state index is 0.0615. The summed E-state index contributed by atoms with van der Waals surface area (Å²) >= 11 is 3.57. The SMILES string of the molecule is O=c1c(Cc2cccnc2)cn2c3cc(Br)ccc3c(=NO)c3cc(OCCN4CCCCC4)cc1c32. The van der Waals surface area contributed by atoms with Gasteiger partial charge in [0.2, 0.25) is 0 Å². The number of hydrogen-bond acceptors (Lipinski definition) is 6. The second kappa shape index (κ2) is 10.1. The van der Waals surface area contributed by atoms with E-state index in [4.69, 9.17) is 4.74 Å². The number of rotatable bonds is 6. The molecule has 0 unspecified atom stereocenters. The molecular formula is C29H27BrN4O3. The van der Waals surface area contributed by atoms with Crippen molar-refractivity contribution >= 4 is 43.1 Å². The summed E-state index contributed by atoms with van der Waals surface area (Å²) in [4.78, 5) is 20.4. The first-order valence-corrected chi connectivity index (χ1v) is 13.4. The summed E-state index contributed by atoms with van der Waals surface area (Å²) < 4.78 is 9.12.